The number of nitrogens with one attached hydrogen (secondary N) is 4. The first-order valence-corrected chi connectivity index (χ1v) is 23.4. The van der Waals surface area contributed by atoms with Crippen molar-refractivity contribution in [3.63, 3.8) is 0 Å². The third-order valence-electron chi connectivity index (χ3n) is 10.4. The topological polar surface area (TPSA) is 331 Å². The van der Waals surface area contributed by atoms with E-state index >= 15 is 0 Å². The molecule has 8 N–H and O–H groups in total. The van der Waals surface area contributed by atoms with Crippen LogP contribution in [0.25, 0.3) is 22.6 Å². The summed E-state index contributed by atoms with van der Waals surface area (Å²) in [5, 5.41) is 47.0. The van der Waals surface area contributed by atoms with E-state index in [4.69, 9.17) is 55.8 Å². The highest BCUT2D eigenvalue weighted by Gasteiger charge is 2.39. The molecule has 2 aromatic carbocycles. The molecule has 2 amide bonds. The smallest absolute Gasteiger partial charge is 0.490 e. The molecule has 4 aromatic rings. The first-order chi connectivity index (χ1) is 35.3. The molecule has 0 saturated carbocycles. The molecule has 5 atom stereocenters. The Morgan fingerprint density at radius 3 is 1.80 bits per heavy atom. The Morgan fingerprint density at radius 1 is 0.813 bits per heavy atom. The summed E-state index contributed by atoms with van der Waals surface area (Å²) < 4.78 is 86.2. The fourth-order valence-corrected chi connectivity index (χ4v) is 7.58. The van der Waals surface area contributed by atoms with Crippen molar-refractivity contribution in [3.8, 4) is 40.5 Å². The van der Waals surface area contributed by atoms with Crippen molar-refractivity contribution < 1.29 is 84.0 Å². The predicted molar refractivity (Wildman–Crippen MR) is 251 cm³/mol. The minimum absolute atomic E-state index is 0.0182. The zero-order valence-corrected chi connectivity index (χ0v) is 40.9. The van der Waals surface area contributed by atoms with Gasteiger partial charge in [-0.15, -0.1) is 0 Å². The minimum atomic E-state index is -5.08. The Hall–Kier alpha value is -7.66. The number of ether oxygens (including phenoxy) is 3. The van der Waals surface area contributed by atoms with Gasteiger partial charge in [0.25, 0.3) is 0 Å². The number of rotatable bonds is 17. The molecular weight excluding hydrogens is 1050 g/mol. The Labute approximate surface area is 431 Å². The van der Waals surface area contributed by atoms with Crippen LogP contribution in [0, 0.1) is 22.7 Å². The normalized spacial score (nSPS) is 16.1. The second-order valence-corrected chi connectivity index (χ2v) is 17.4. The maximum Gasteiger partial charge on any atom is 0.490 e. The number of nitrogen functional groups attached to an aromatic ring is 1. The highest BCUT2D eigenvalue weighted by molar-refractivity contribution is 7.98. The fraction of sp³-hybridized carbons (Fsp3) is 0.391. The molecule has 2 fully saturated rings. The maximum absolute atomic E-state index is 13.2. The van der Waals surface area contributed by atoms with Gasteiger partial charge in [-0.1, -0.05) is 35.5 Å². The van der Waals surface area contributed by atoms with Crippen molar-refractivity contribution in [2.75, 3.05) is 32.0 Å². The standard InChI is InChI=1S/C42H44ClN9O8S.2C2HF3O2/c1-23(49-37(53)33-5-3-15-47-33)41(55)59-21-30(60-42(56)24(2)50-38(54)34-6-4-16-48-34)20-57-29-13-9-25(10-14-29)35-31(17-44)36(46)52-40(32(35)18-45)61-22-28-19-58-39(51-28)26-7-11-27(43)12-8-26;2*3-2(4,5)1(6)7/h7-14,19,23-24,30,33-34,47-48H,3-6,15-16,20-22H2,1-2H3,(H2,46,52)(H,49,53)(H,50,54);2*(H,6,7)/t23-,24?,30-,33-,34-;;/m0../s1. The Morgan fingerprint density at radius 2 is 1.32 bits per heavy atom. The number of aliphatic carboxylic acids is 2. The third-order valence-corrected chi connectivity index (χ3v) is 11.6. The molecule has 21 nitrogen and oxygen atoms in total. The molecule has 0 bridgehead atoms. The Balaban J connectivity index is 0.000000763. The van der Waals surface area contributed by atoms with Crippen LogP contribution in [-0.4, -0.2) is 125 Å². The number of alkyl halides is 6. The number of nitriles is 2. The highest BCUT2D eigenvalue weighted by atomic mass is 35.5. The molecule has 2 aromatic heterocycles. The van der Waals surface area contributed by atoms with Crippen molar-refractivity contribution in [2.45, 2.75) is 92.9 Å². The van der Waals surface area contributed by atoms with Gasteiger partial charge in [0.2, 0.25) is 17.7 Å². The molecule has 0 spiro atoms. The SMILES string of the molecule is CC(NC(=O)[C@@H]1CCCN1)C(=O)O[C@H](COC(=O)[C@H](C)NC(=O)[C@@H]1CCCN1)COc1ccc(-c2c(C#N)c(N)nc(SCc3coc(-c4ccc(Cl)cc4)n3)c2C#N)cc1.O=C(O)C(F)(F)F.O=C(O)C(F)(F)F. The highest BCUT2D eigenvalue weighted by Crippen LogP contribution is 2.37. The molecule has 6 rings (SSSR count). The third kappa shape index (κ3) is 18.3. The van der Waals surface area contributed by atoms with Crippen molar-refractivity contribution >= 4 is 64.9 Å². The molecule has 75 heavy (non-hydrogen) atoms. The number of nitrogens with zero attached hydrogens (tertiary/aromatic N) is 4. The summed E-state index contributed by atoms with van der Waals surface area (Å²) in [7, 11) is 0. The molecule has 1 unspecified atom stereocenters. The summed E-state index contributed by atoms with van der Waals surface area (Å²) in [6, 6.07) is 14.9. The number of carboxylic acids is 2. The summed E-state index contributed by atoms with van der Waals surface area (Å²) in [5.74, 6) is -6.75. The number of anilines is 1. The van der Waals surface area contributed by atoms with Gasteiger partial charge in [0.15, 0.2) is 6.10 Å². The molecule has 402 valence electrons. The van der Waals surface area contributed by atoms with E-state index in [1.54, 1.807) is 48.5 Å². The van der Waals surface area contributed by atoms with Crippen LogP contribution in [-0.2, 0) is 44.0 Å². The predicted octanol–water partition coefficient (Wildman–Crippen LogP) is 5.29. The number of thioether (sulfide) groups is 1. The second kappa shape index (κ2) is 27.6. The van der Waals surface area contributed by atoms with Crippen molar-refractivity contribution in [3.05, 3.63) is 76.6 Å². The van der Waals surface area contributed by atoms with Crippen LogP contribution < -0.4 is 31.7 Å². The summed E-state index contributed by atoms with van der Waals surface area (Å²) in [6.07, 6.45) is -6.79. The lowest BCUT2D eigenvalue weighted by Crippen LogP contribution is -2.49. The van der Waals surface area contributed by atoms with Gasteiger partial charge in [-0.05, 0) is 94.6 Å². The van der Waals surface area contributed by atoms with Crippen LogP contribution in [0.4, 0.5) is 32.2 Å². The minimum Gasteiger partial charge on any atom is -0.490 e. The van der Waals surface area contributed by atoms with E-state index in [-0.39, 0.29) is 46.7 Å². The quantitative estimate of drug-likeness (QED) is 0.0401. The molecule has 4 heterocycles. The molecule has 29 heteroatoms. The van der Waals surface area contributed by atoms with Gasteiger partial charge in [0.1, 0.15) is 65.9 Å². The number of benzene rings is 2. The summed E-state index contributed by atoms with van der Waals surface area (Å²) in [6.45, 7) is 3.70. The zero-order valence-electron chi connectivity index (χ0n) is 39.3. The van der Waals surface area contributed by atoms with Gasteiger partial charge in [-0.2, -0.15) is 36.9 Å². The van der Waals surface area contributed by atoms with Crippen LogP contribution in [0.1, 0.15) is 56.4 Å². The van der Waals surface area contributed by atoms with E-state index in [9.17, 15) is 56.0 Å². The van der Waals surface area contributed by atoms with Crippen LogP contribution in [0.15, 0.2) is 64.2 Å². The fourth-order valence-electron chi connectivity index (χ4n) is 6.58. The number of pyridine rings is 1. The average molecular weight is 1100 g/mol. The van der Waals surface area contributed by atoms with Gasteiger partial charge < -0.3 is 55.8 Å². The first-order valence-electron chi connectivity index (χ1n) is 22.1. The van der Waals surface area contributed by atoms with Gasteiger partial charge in [-0.3, -0.25) is 9.59 Å². The summed E-state index contributed by atoms with van der Waals surface area (Å²) in [4.78, 5) is 78.0. The first kappa shape index (κ1) is 59.9. The average Bonchev–Trinajstić information content (AvgIpc) is 4.19. The summed E-state index contributed by atoms with van der Waals surface area (Å²) >= 11 is 7.21. The molecule has 0 aliphatic carbocycles. The lowest BCUT2D eigenvalue weighted by molar-refractivity contribution is -0.193. The Kier molecular flexibility index (Phi) is 22.0. The van der Waals surface area contributed by atoms with Crippen LogP contribution in [0.3, 0.4) is 0 Å². The van der Waals surface area contributed by atoms with E-state index < -0.39 is 73.1 Å². The van der Waals surface area contributed by atoms with Gasteiger partial charge in [0.05, 0.1) is 23.3 Å². The van der Waals surface area contributed by atoms with E-state index in [2.05, 4.69) is 43.4 Å². The number of hydrogen-bond donors (Lipinski definition) is 7. The van der Waals surface area contributed by atoms with E-state index in [1.165, 1.54) is 31.9 Å². The van der Waals surface area contributed by atoms with E-state index in [1.807, 2.05) is 0 Å². The van der Waals surface area contributed by atoms with Gasteiger partial charge in [0, 0.05) is 21.9 Å². The lowest BCUT2D eigenvalue weighted by Gasteiger charge is -2.23. The number of nitrogens with two attached hydrogens (primary N) is 1. The number of carbonyl (C=O) groups is 6. The number of halogens is 7. The Bertz CT molecular complexity index is 2720. The van der Waals surface area contributed by atoms with E-state index in [0.29, 0.717) is 58.9 Å². The monoisotopic (exact) mass is 1100 g/mol. The largest absolute Gasteiger partial charge is 0.490 e. The number of hydrogen-bond acceptors (Lipinski definition) is 18. The number of aromatic nitrogens is 2. The zero-order chi connectivity index (χ0) is 55.6. The number of amides is 2. The number of oxazole rings is 1. The van der Waals surface area contributed by atoms with Crippen molar-refractivity contribution in [1.82, 2.24) is 31.2 Å². The number of carboxylic acid groups (broad SMARTS) is 2. The van der Waals surface area contributed by atoms with Crippen molar-refractivity contribution in [2.24, 2.45) is 0 Å². The van der Waals surface area contributed by atoms with Gasteiger partial charge in [-0.25, -0.2) is 29.1 Å². The van der Waals surface area contributed by atoms with Crippen LogP contribution in [0.5, 0.6) is 5.75 Å². The summed E-state index contributed by atoms with van der Waals surface area (Å²) in [5.41, 5.74) is 8.49. The lowest BCUT2D eigenvalue weighted by atomic mass is 9.97. The van der Waals surface area contributed by atoms with Crippen LogP contribution >= 0.6 is 23.4 Å². The maximum atomic E-state index is 13.2. The van der Waals surface area contributed by atoms with Gasteiger partial charge >= 0.3 is 36.2 Å². The number of esters is 2. The number of carbonyl (C=O) groups excluding carboxylic acids is 4. The molecule has 2 saturated heterocycles. The second-order valence-electron chi connectivity index (χ2n) is 16.0. The van der Waals surface area contributed by atoms with E-state index in [0.717, 1.165) is 18.4 Å². The molecule has 2 aliphatic heterocycles. The van der Waals surface area contributed by atoms with Crippen molar-refractivity contribution in [1.29, 1.82) is 10.5 Å². The molecule has 2 aliphatic rings. The molecular formula is C46H46ClF6N9O12S. The molecule has 0 radical (unpaired) electrons. The van der Waals surface area contributed by atoms with Crippen LogP contribution in [0.2, 0.25) is 5.02 Å².